The minimum Gasteiger partial charge on any atom is -0.462 e. The van der Waals surface area contributed by atoms with Crippen molar-refractivity contribution in [3.05, 3.63) is 59.7 Å². The number of carbonyl (C=O) groups is 2. The lowest BCUT2D eigenvalue weighted by molar-refractivity contribution is -0.116. The van der Waals surface area contributed by atoms with Crippen LogP contribution in [-0.4, -0.2) is 39.2 Å². The van der Waals surface area contributed by atoms with E-state index in [-0.39, 0.29) is 5.69 Å². The average Bonchev–Trinajstić information content (AvgIpc) is 2.70. The SMILES string of the molecule is CCCCOC(=O)c1ccc(NC(=O)C(C)N(c2ccc(F)c(F)c2)S(C)(=O)=O)cc1. The fraction of sp³-hybridized carbons (Fsp3) is 0.333. The van der Waals surface area contributed by atoms with E-state index in [1.807, 2.05) is 6.92 Å². The molecule has 0 bridgehead atoms. The third-order valence-corrected chi connectivity index (χ3v) is 5.61. The van der Waals surface area contributed by atoms with Gasteiger partial charge in [0, 0.05) is 11.8 Å². The van der Waals surface area contributed by atoms with E-state index in [0.717, 1.165) is 31.2 Å². The summed E-state index contributed by atoms with van der Waals surface area (Å²) in [5.74, 6) is -3.56. The molecule has 0 spiro atoms. The van der Waals surface area contributed by atoms with Crippen LogP contribution in [0.15, 0.2) is 42.5 Å². The Kier molecular flexibility index (Phi) is 8.09. The Bertz CT molecular complexity index is 1040. The highest BCUT2D eigenvalue weighted by molar-refractivity contribution is 7.92. The highest BCUT2D eigenvalue weighted by Crippen LogP contribution is 2.24. The lowest BCUT2D eigenvalue weighted by Crippen LogP contribution is -2.45. The quantitative estimate of drug-likeness (QED) is 0.461. The molecule has 0 aliphatic heterocycles. The molecule has 1 N–H and O–H groups in total. The number of ether oxygens (including phenoxy) is 1. The lowest BCUT2D eigenvalue weighted by atomic mass is 10.2. The standard InChI is InChI=1S/C21H24F2N2O5S/c1-4-5-12-30-21(27)15-6-8-16(9-7-15)24-20(26)14(2)25(31(3,28)29)17-10-11-18(22)19(23)13-17/h6-11,13-14H,4-5,12H2,1-3H3,(H,24,26). The van der Waals surface area contributed by atoms with Gasteiger partial charge >= 0.3 is 5.97 Å². The lowest BCUT2D eigenvalue weighted by Gasteiger charge is -2.28. The van der Waals surface area contributed by atoms with Crippen molar-refractivity contribution < 1.29 is 31.5 Å². The minimum absolute atomic E-state index is 0.186. The molecule has 168 valence electrons. The summed E-state index contributed by atoms with van der Waals surface area (Å²) in [6.07, 6.45) is 2.51. The van der Waals surface area contributed by atoms with Crippen molar-refractivity contribution in [2.45, 2.75) is 32.7 Å². The number of anilines is 2. The summed E-state index contributed by atoms with van der Waals surface area (Å²) >= 11 is 0. The number of benzene rings is 2. The van der Waals surface area contributed by atoms with Gasteiger partial charge in [-0.1, -0.05) is 13.3 Å². The van der Waals surface area contributed by atoms with Gasteiger partial charge in [-0.2, -0.15) is 0 Å². The molecule has 0 heterocycles. The van der Waals surface area contributed by atoms with Crippen molar-refractivity contribution in [3.8, 4) is 0 Å². The Labute approximate surface area is 180 Å². The summed E-state index contributed by atoms with van der Waals surface area (Å²) in [5, 5.41) is 2.54. The van der Waals surface area contributed by atoms with E-state index in [0.29, 0.717) is 28.2 Å². The molecule has 7 nitrogen and oxygen atoms in total. The second-order valence-electron chi connectivity index (χ2n) is 6.89. The van der Waals surface area contributed by atoms with Gasteiger partial charge < -0.3 is 10.1 Å². The molecule has 0 saturated heterocycles. The van der Waals surface area contributed by atoms with Crippen molar-refractivity contribution in [3.63, 3.8) is 0 Å². The zero-order valence-electron chi connectivity index (χ0n) is 17.4. The molecule has 0 aromatic heterocycles. The summed E-state index contributed by atoms with van der Waals surface area (Å²) < 4.78 is 57.1. The topological polar surface area (TPSA) is 92.8 Å². The van der Waals surface area contributed by atoms with Crippen LogP contribution in [0, 0.1) is 11.6 Å². The highest BCUT2D eigenvalue weighted by Gasteiger charge is 2.30. The number of esters is 1. The van der Waals surface area contributed by atoms with Crippen LogP contribution in [0.4, 0.5) is 20.2 Å². The van der Waals surface area contributed by atoms with Crippen molar-refractivity contribution in [2.24, 2.45) is 0 Å². The van der Waals surface area contributed by atoms with Crippen LogP contribution in [-0.2, 0) is 19.6 Å². The predicted octanol–water partition coefficient (Wildman–Crippen LogP) is 3.71. The molecule has 10 heteroatoms. The first-order chi connectivity index (χ1) is 14.5. The molecule has 1 amide bonds. The van der Waals surface area contributed by atoms with E-state index in [1.54, 1.807) is 0 Å². The third-order valence-electron chi connectivity index (χ3n) is 4.37. The molecule has 2 rings (SSSR count). The normalized spacial score (nSPS) is 12.2. The smallest absolute Gasteiger partial charge is 0.338 e. The number of rotatable bonds is 9. The minimum atomic E-state index is -3.99. The summed E-state index contributed by atoms with van der Waals surface area (Å²) in [4.78, 5) is 24.6. The third kappa shape index (κ3) is 6.48. The molecular formula is C21H24F2N2O5S. The number of carbonyl (C=O) groups excluding carboxylic acids is 2. The number of sulfonamides is 1. The second-order valence-corrected chi connectivity index (χ2v) is 8.75. The molecule has 31 heavy (non-hydrogen) atoms. The van der Waals surface area contributed by atoms with E-state index in [4.69, 9.17) is 4.74 Å². The van der Waals surface area contributed by atoms with Gasteiger partial charge in [0.15, 0.2) is 11.6 Å². The van der Waals surface area contributed by atoms with Gasteiger partial charge in [0.25, 0.3) is 0 Å². The molecule has 0 aliphatic rings. The van der Waals surface area contributed by atoms with Gasteiger partial charge in [0.1, 0.15) is 6.04 Å². The number of nitrogens with one attached hydrogen (secondary N) is 1. The van der Waals surface area contributed by atoms with Crippen LogP contribution in [0.25, 0.3) is 0 Å². The van der Waals surface area contributed by atoms with Gasteiger partial charge in [-0.15, -0.1) is 0 Å². The second kappa shape index (κ2) is 10.3. The first-order valence-electron chi connectivity index (χ1n) is 9.57. The molecular weight excluding hydrogens is 430 g/mol. The largest absolute Gasteiger partial charge is 0.462 e. The predicted molar refractivity (Wildman–Crippen MR) is 113 cm³/mol. The van der Waals surface area contributed by atoms with Crippen molar-refractivity contribution in [1.29, 1.82) is 0 Å². The van der Waals surface area contributed by atoms with E-state index in [9.17, 15) is 26.8 Å². The molecule has 2 aromatic carbocycles. The maximum atomic E-state index is 13.6. The van der Waals surface area contributed by atoms with E-state index >= 15 is 0 Å². The van der Waals surface area contributed by atoms with Crippen LogP contribution in [0.2, 0.25) is 0 Å². The number of amides is 1. The number of nitrogens with zero attached hydrogens (tertiary/aromatic N) is 1. The Morgan fingerprint density at radius 3 is 2.29 bits per heavy atom. The van der Waals surface area contributed by atoms with E-state index < -0.39 is 39.6 Å². The van der Waals surface area contributed by atoms with Gasteiger partial charge in [-0.25, -0.2) is 22.0 Å². The first-order valence-corrected chi connectivity index (χ1v) is 11.4. The molecule has 0 aliphatic carbocycles. The Hall–Kier alpha value is -3.01. The fourth-order valence-electron chi connectivity index (χ4n) is 2.76. The number of unbranched alkanes of at least 4 members (excludes halogenated alkanes) is 1. The van der Waals surface area contributed by atoms with Crippen molar-refractivity contribution >= 4 is 33.3 Å². The summed E-state index contributed by atoms with van der Waals surface area (Å²) in [6, 6.07) is 7.19. The van der Waals surface area contributed by atoms with Gasteiger partial charge in [-0.05, 0) is 49.7 Å². The Morgan fingerprint density at radius 2 is 1.74 bits per heavy atom. The molecule has 0 radical (unpaired) electrons. The maximum Gasteiger partial charge on any atom is 0.338 e. The molecule has 2 aromatic rings. The zero-order chi connectivity index (χ0) is 23.2. The molecule has 0 saturated carbocycles. The zero-order valence-corrected chi connectivity index (χ0v) is 18.2. The summed E-state index contributed by atoms with van der Waals surface area (Å²) in [6.45, 7) is 3.61. The average molecular weight is 454 g/mol. The molecule has 1 atom stereocenters. The first kappa shape index (κ1) is 24.3. The van der Waals surface area contributed by atoms with Crippen LogP contribution < -0.4 is 9.62 Å². The number of hydrogen-bond acceptors (Lipinski definition) is 5. The fourth-order valence-corrected chi connectivity index (χ4v) is 3.93. The van der Waals surface area contributed by atoms with Crippen LogP contribution in [0.5, 0.6) is 0 Å². The van der Waals surface area contributed by atoms with Crippen molar-refractivity contribution in [2.75, 3.05) is 22.5 Å². The Morgan fingerprint density at radius 1 is 1.10 bits per heavy atom. The van der Waals surface area contributed by atoms with Gasteiger partial charge in [-0.3, -0.25) is 9.10 Å². The number of hydrogen-bond donors (Lipinski definition) is 1. The number of halogens is 2. The monoisotopic (exact) mass is 454 g/mol. The van der Waals surface area contributed by atoms with Crippen LogP contribution >= 0.6 is 0 Å². The molecule has 0 fully saturated rings. The van der Waals surface area contributed by atoms with Crippen molar-refractivity contribution in [1.82, 2.24) is 0 Å². The van der Waals surface area contributed by atoms with Crippen LogP contribution in [0.3, 0.4) is 0 Å². The van der Waals surface area contributed by atoms with Gasteiger partial charge in [0.05, 0.1) is 24.1 Å². The summed E-state index contributed by atoms with van der Waals surface area (Å²) in [5.41, 5.74) is 0.441. The van der Waals surface area contributed by atoms with E-state index in [2.05, 4.69) is 5.32 Å². The highest BCUT2D eigenvalue weighted by atomic mass is 32.2. The van der Waals surface area contributed by atoms with Gasteiger partial charge in [0.2, 0.25) is 15.9 Å². The maximum absolute atomic E-state index is 13.6. The van der Waals surface area contributed by atoms with Crippen LogP contribution in [0.1, 0.15) is 37.0 Å². The summed E-state index contributed by atoms with van der Waals surface area (Å²) in [7, 11) is -3.99. The molecule has 1 unspecified atom stereocenters. The van der Waals surface area contributed by atoms with E-state index in [1.165, 1.54) is 31.2 Å². The Balaban J connectivity index is 2.15.